The van der Waals surface area contributed by atoms with Crippen LogP contribution in [0, 0.1) is 0 Å². The lowest BCUT2D eigenvalue weighted by atomic mass is 10.4. The molecule has 0 aliphatic carbocycles. The number of hydrogen-bond acceptors (Lipinski definition) is 2. The minimum Gasteiger partial charge on any atom is -0.401 e. The molecule has 0 saturated heterocycles. The van der Waals surface area contributed by atoms with Crippen molar-refractivity contribution in [2.24, 2.45) is 10.7 Å². The maximum Gasteiger partial charge on any atom is 0.0552 e. The second-order valence-electron chi connectivity index (χ2n) is 1.99. The third-order valence-electron chi connectivity index (χ3n) is 1.04. The Morgan fingerprint density at radius 2 is 1.82 bits per heavy atom. The number of hydrogen-bond donors (Lipinski definition) is 1. The SMILES string of the molecule is CC.CCC=N/C(C)=C(/C)N. The molecule has 0 aromatic heterocycles. The number of aliphatic imine (C=N–C) groups is 1. The van der Waals surface area contributed by atoms with Crippen molar-refractivity contribution in [1.29, 1.82) is 0 Å². The first-order valence-electron chi connectivity index (χ1n) is 4.14. The number of nitrogens with zero attached hydrogens (tertiary/aromatic N) is 1. The van der Waals surface area contributed by atoms with Crippen LogP contribution in [-0.4, -0.2) is 6.21 Å². The van der Waals surface area contributed by atoms with Gasteiger partial charge in [0.25, 0.3) is 0 Å². The van der Waals surface area contributed by atoms with Crippen LogP contribution in [0.25, 0.3) is 0 Å². The van der Waals surface area contributed by atoms with Gasteiger partial charge in [0, 0.05) is 11.9 Å². The normalized spacial score (nSPS) is 12.1. The number of allylic oxidation sites excluding steroid dienone is 2. The Morgan fingerprint density at radius 3 is 2.09 bits per heavy atom. The summed E-state index contributed by atoms with van der Waals surface area (Å²) in [4.78, 5) is 4.07. The molecule has 0 rings (SSSR count). The highest BCUT2D eigenvalue weighted by Gasteiger charge is 1.83. The van der Waals surface area contributed by atoms with Gasteiger partial charge in [-0.1, -0.05) is 20.8 Å². The molecule has 0 aliphatic heterocycles. The van der Waals surface area contributed by atoms with Gasteiger partial charge in [-0.25, -0.2) is 0 Å². The highest BCUT2D eigenvalue weighted by atomic mass is 14.8. The Bertz CT molecular complexity index is 130. The van der Waals surface area contributed by atoms with Crippen molar-refractivity contribution in [3.8, 4) is 0 Å². The molecule has 0 bridgehead atoms. The highest BCUT2D eigenvalue weighted by Crippen LogP contribution is 1.96. The van der Waals surface area contributed by atoms with Crippen LogP contribution in [-0.2, 0) is 0 Å². The third-order valence-corrected chi connectivity index (χ3v) is 1.04. The van der Waals surface area contributed by atoms with Gasteiger partial charge in [-0.05, 0) is 20.3 Å². The zero-order valence-corrected chi connectivity index (χ0v) is 8.31. The largest absolute Gasteiger partial charge is 0.401 e. The van der Waals surface area contributed by atoms with E-state index in [9.17, 15) is 0 Å². The maximum absolute atomic E-state index is 5.44. The second-order valence-corrected chi connectivity index (χ2v) is 1.99. The minimum absolute atomic E-state index is 0.791. The summed E-state index contributed by atoms with van der Waals surface area (Å²) in [5.74, 6) is 0. The Kier molecular flexibility index (Phi) is 10.8. The number of rotatable bonds is 2. The molecule has 0 amide bonds. The van der Waals surface area contributed by atoms with Gasteiger partial charge in [-0.15, -0.1) is 0 Å². The molecule has 0 radical (unpaired) electrons. The molecule has 0 aromatic rings. The van der Waals surface area contributed by atoms with E-state index in [1.165, 1.54) is 0 Å². The van der Waals surface area contributed by atoms with E-state index in [1.54, 1.807) is 0 Å². The average Bonchev–Trinajstić information content (AvgIpc) is 2.03. The molecule has 2 N–H and O–H groups in total. The summed E-state index contributed by atoms with van der Waals surface area (Å²) in [5, 5.41) is 0. The molecule has 0 aromatic carbocycles. The van der Waals surface area contributed by atoms with E-state index in [-0.39, 0.29) is 0 Å². The standard InChI is InChI=1S/C7H14N2.C2H6/c1-4-5-9-7(3)6(2)8;1-2/h5H,4,8H2,1-3H3;1-2H3/b7-6-,9-5?;. The summed E-state index contributed by atoms with van der Waals surface area (Å²) in [6.07, 6.45) is 2.82. The van der Waals surface area contributed by atoms with Crippen molar-refractivity contribution < 1.29 is 0 Å². The average molecular weight is 156 g/mol. The van der Waals surface area contributed by atoms with Crippen LogP contribution >= 0.6 is 0 Å². The molecule has 0 aliphatic rings. The molecule has 66 valence electrons. The lowest BCUT2D eigenvalue weighted by Crippen LogP contribution is -1.93. The first kappa shape index (κ1) is 12.8. The molecule has 2 heteroatoms. The van der Waals surface area contributed by atoms with Crippen LogP contribution < -0.4 is 5.73 Å². The fraction of sp³-hybridized carbons (Fsp3) is 0.667. The minimum atomic E-state index is 0.791. The lowest BCUT2D eigenvalue weighted by molar-refractivity contribution is 1.15. The fourth-order valence-electron chi connectivity index (χ4n) is 0.330. The van der Waals surface area contributed by atoms with E-state index >= 15 is 0 Å². The van der Waals surface area contributed by atoms with Gasteiger partial charge in [0.15, 0.2) is 0 Å². The van der Waals surface area contributed by atoms with E-state index < -0.39 is 0 Å². The topological polar surface area (TPSA) is 38.4 Å². The lowest BCUT2D eigenvalue weighted by Gasteiger charge is -1.92. The van der Waals surface area contributed by atoms with Crippen LogP contribution in [0.3, 0.4) is 0 Å². The molecular formula is C9H20N2. The maximum atomic E-state index is 5.44. The third kappa shape index (κ3) is 9.21. The van der Waals surface area contributed by atoms with E-state index in [0.717, 1.165) is 17.8 Å². The Labute approximate surface area is 70.2 Å². The van der Waals surface area contributed by atoms with Gasteiger partial charge in [0.2, 0.25) is 0 Å². The monoisotopic (exact) mass is 156 g/mol. The summed E-state index contributed by atoms with van der Waals surface area (Å²) in [5.41, 5.74) is 7.15. The Balaban J connectivity index is 0. The molecular weight excluding hydrogens is 136 g/mol. The predicted molar refractivity (Wildman–Crippen MR) is 52.7 cm³/mol. The van der Waals surface area contributed by atoms with Crippen molar-refractivity contribution in [1.82, 2.24) is 0 Å². The van der Waals surface area contributed by atoms with Gasteiger partial charge in [0.05, 0.1) is 5.70 Å². The first-order chi connectivity index (χ1) is 5.18. The molecule has 0 saturated carbocycles. The molecule has 11 heavy (non-hydrogen) atoms. The van der Waals surface area contributed by atoms with Gasteiger partial charge < -0.3 is 5.73 Å². The zero-order valence-electron chi connectivity index (χ0n) is 8.31. The quantitative estimate of drug-likeness (QED) is 0.613. The molecule has 0 spiro atoms. The van der Waals surface area contributed by atoms with Crippen LogP contribution in [0.2, 0.25) is 0 Å². The van der Waals surface area contributed by atoms with Crippen molar-refractivity contribution in [2.45, 2.75) is 41.0 Å². The zero-order chi connectivity index (χ0) is 9.28. The van der Waals surface area contributed by atoms with Gasteiger partial charge in [0.1, 0.15) is 0 Å². The Morgan fingerprint density at radius 1 is 1.36 bits per heavy atom. The first-order valence-corrected chi connectivity index (χ1v) is 4.14. The predicted octanol–water partition coefficient (Wildman–Crippen LogP) is 2.70. The van der Waals surface area contributed by atoms with Crippen molar-refractivity contribution in [3.63, 3.8) is 0 Å². The van der Waals surface area contributed by atoms with Crippen molar-refractivity contribution in [2.75, 3.05) is 0 Å². The van der Waals surface area contributed by atoms with Crippen LogP contribution in [0.1, 0.15) is 41.0 Å². The second kappa shape index (κ2) is 9.21. The molecule has 0 fully saturated rings. The van der Waals surface area contributed by atoms with Gasteiger partial charge >= 0.3 is 0 Å². The van der Waals surface area contributed by atoms with Gasteiger partial charge in [-0.2, -0.15) is 0 Å². The van der Waals surface area contributed by atoms with Crippen LogP contribution in [0.15, 0.2) is 16.4 Å². The summed E-state index contributed by atoms with van der Waals surface area (Å²) in [7, 11) is 0. The summed E-state index contributed by atoms with van der Waals surface area (Å²) >= 11 is 0. The summed E-state index contributed by atoms with van der Waals surface area (Å²) in [6, 6.07) is 0. The summed E-state index contributed by atoms with van der Waals surface area (Å²) < 4.78 is 0. The van der Waals surface area contributed by atoms with Crippen molar-refractivity contribution in [3.05, 3.63) is 11.4 Å². The highest BCUT2D eigenvalue weighted by molar-refractivity contribution is 5.58. The molecule has 0 heterocycles. The molecule has 0 atom stereocenters. The van der Waals surface area contributed by atoms with E-state index in [4.69, 9.17) is 5.73 Å². The smallest absolute Gasteiger partial charge is 0.0552 e. The van der Waals surface area contributed by atoms with E-state index in [0.29, 0.717) is 0 Å². The fourth-order valence-corrected chi connectivity index (χ4v) is 0.330. The van der Waals surface area contributed by atoms with E-state index in [2.05, 4.69) is 4.99 Å². The Hall–Kier alpha value is -0.790. The molecule has 2 nitrogen and oxygen atoms in total. The van der Waals surface area contributed by atoms with Crippen molar-refractivity contribution >= 4 is 6.21 Å². The number of nitrogens with two attached hydrogens (primary N) is 1. The van der Waals surface area contributed by atoms with E-state index in [1.807, 2.05) is 40.8 Å². The van der Waals surface area contributed by atoms with Crippen LogP contribution in [0.4, 0.5) is 0 Å². The molecule has 0 unspecified atom stereocenters. The summed E-state index contributed by atoms with van der Waals surface area (Å²) in [6.45, 7) is 9.80. The van der Waals surface area contributed by atoms with Crippen LogP contribution in [0.5, 0.6) is 0 Å². The van der Waals surface area contributed by atoms with Gasteiger partial charge in [-0.3, -0.25) is 4.99 Å².